The normalized spacial score (nSPS) is 17.2. The lowest BCUT2D eigenvalue weighted by Gasteiger charge is -2.23. The Balaban J connectivity index is 2.70. The molecule has 1 aliphatic carbocycles. The Bertz CT molecular complexity index is 192. The maximum atomic E-state index is 5.38. The van der Waals surface area contributed by atoms with E-state index in [9.17, 15) is 0 Å². The van der Waals surface area contributed by atoms with Crippen molar-refractivity contribution in [1.82, 2.24) is 0 Å². The predicted octanol–water partition coefficient (Wildman–Crippen LogP) is 1.78. The number of allylic oxidation sites excluding steroid dienone is 4. The van der Waals surface area contributed by atoms with Crippen molar-refractivity contribution in [3.05, 3.63) is 23.4 Å². The lowest BCUT2D eigenvalue weighted by molar-refractivity contribution is 0.259. The first-order valence-corrected chi connectivity index (χ1v) is 6.01. The van der Waals surface area contributed by atoms with Crippen molar-refractivity contribution in [2.45, 2.75) is 13.0 Å². The summed E-state index contributed by atoms with van der Waals surface area (Å²) >= 11 is 0. The zero-order valence-electron chi connectivity index (χ0n) is 7.26. The minimum atomic E-state index is -1.97. The van der Waals surface area contributed by atoms with E-state index in [2.05, 4.69) is 24.8 Å². The van der Waals surface area contributed by atoms with Gasteiger partial charge in [0.15, 0.2) is 0 Å². The Kier molecular flexibility index (Phi) is 2.65. The molecule has 0 saturated carbocycles. The zero-order valence-corrected chi connectivity index (χ0v) is 8.26. The second-order valence-corrected chi connectivity index (χ2v) is 6.03. The maximum absolute atomic E-state index is 5.38. The van der Waals surface area contributed by atoms with E-state index >= 15 is 0 Å². The molecule has 3 heteroatoms. The van der Waals surface area contributed by atoms with E-state index in [0.717, 1.165) is 6.42 Å². The van der Waals surface area contributed by atoms with Gasteiger partial charge in [-0.2, -0.15) is 0 Å². The number of rotatable bonds is 3. The van der Waals surface area contributed by atoms with Gasteiger partial charge in [-0.05, 0) is 18.2 Å². The van der Waals surface area contributed by atoms with Crippen molar-refractivity contribution in [1.29, 1.82) is 0 Å². The third kappa shape index (κ3) is 1.61. The quantitative estimate of drug-likeness (QED) is 0.601. The van der Waals surface area contributed by atoms with E-state index < -0.39 is 8.56 Å². The molecule has 0 radical (unpaired) electrons. The first-order valence-electron chi connectivity index (χ1n) is 3.69. The highest BCUT2D eigenvalue weighted by Gasteiger charge is 2.33. The Labute approximate surface area is 68.8 Å². The summed E-state index contributed by atoms with van der Waals surface area (Å²) in [5, 5.41) is 1.31. The fraction of sp³-hybridized carbons (Fsp3) is 0.500. The summed E-state index contributed by atoms with van der Waals surface area (Å²) in [5.41, 5.74) is 0. The summed E-state index contributed by atoms with van der Waals surface area (Å²) in [4.78, 5) is 0. The standard InChI is InChI=1S/C8H14O2Si/c1-9-11(3,10-2)8-6-4-5-7-8/h4-6H,7H2,1-3H3. The second-order valence-electron chi connectivity index (χ2n) is 2.68. The first kappa shape index (κ1) is 8.71. The summed E-state index contributed by atoms with van der Waals surface area (Å²) in [6.07, 6.45) is 7.26. The topological polar surface area (TPSA) is 18.5 Å². The molecule has 0 N–H and O–H groups in total. The van der Waals surface area contributed by atoms with Crippen LogP contribution in [0.1, 0.15) is 6.42 Å². The van der Waals surface area contributed by atoms with Crippen LogP contribution in [0, 0.1) is 0 Å². The Morgan fingerprint density at radius 3 is 2.36 bits per heavy atom. The van der Waals surface area contributed by atoms with Crippen molar-refractivity contribution in [2.75, 3.05) is 14.2 Å². The lowest BCUT2D eigenvalue weighted by atomic mass is 10.5. The van der Waals surface area contributed by atoms with Gasteiger partial charge < -0.3 is 8.85 Å². The molecule has 0 fully saturated rings. The molecule has 62 valence electrons. The van der Waals surface area contributed by atoms with Crippen LogP contribution in [-0.2, 0) is 8.85 Å². The van der Waals surface area contributed by atoms with Crippen LogP contribution in [0.3, 0.4) is 0 Å². The Morgan fingerprint density at radius 1 is 1.36 bits per heavy atom. The number of hydrogen-bond acceptors (Lipinski definition) is 2. The predicted molar refractivity (Wildman–Crippen MR) is 47.5 cm³/mol. The minimum Gasteiger partial charge on any atom is -0.395 e. The van der Waals surface area contributed by atoms with E-state index in [1.165, 1.54) is 5.20 Å². The average molecular weight is 170 g/mol. The van der Waals surface area contributed by atoms with E-state index in [0.29, 0.717) is 0 Å². The van der Waals surface area contributed by atoms with Crippen molar-refractivity contribution in [3.63, 3.8) is 0 Å². The molecule has 11 heavy (non-hydrogen) atoms. The van der Waals surface area contributed by atoms with E-state index in [1.807, 2.05) is 0 Å². The van der Waals surface area contributed by atoms with Crippen LogP contribution < -0.4 is 0 Å². The molecule has 0 aromatic carbocycles. The first-order chi connectivity index (χ1) is 5.23. The molecule has 0 heterocycles. The molecule has 0 aromatic rings. The molecule has 0 spiro atoms. The van der Waals surface area contributed by atoms with Crippen molar-refractivity contribution < 1.29 is 8.85 Å². The van der Waals surface area contributed by atoms with Crippen molar-refractivity contribution in [3.8, 4) is 0 Å². The van der Waals surface area contributed by atoms with Gasteiger partial charge in [-0.15, -0.1) is 0 Å². The van der Waals surface area contributed by atoms with Gasteiger partial charge >= 0.3 is 8.56 Å². The monoisotopic (exact) mass is 170 g/mol. The van der Waals surface area contributed by atoms with Gasteiger partial charge in [-0.1, -0.05) is 18.2 Å². The fourth-order valence-electron chi connectivity index (χ4n) is 1.13. The summed E-state index contributed by atoms with van der Waals surface area (Å²) in [7, 11) is 1.47. The fourth-order valence-corrected chi connectivity index (χ4v) is 2.71. The van der Waals surface area contributed by atoms with Crippen LogP contribution in [0.5, 0.6) is 0 Å². The Hall–Kier alpha value is -0.383. The molecule has 0 unspecified atom stereocenters. The SMILES string of the molecule is CO[Si](C)(OC)C1=CC=CC1. The number of hydrogen-bond donors (Lipinski definition) is 0. The van der Waals surface area contributed by atoms with Crippen molar-refractivity contribution in [2.24, 2.45) is 0 Å². The summed E-state index contributed by atoms with van der Waals surface area (Å²) in [6, 6.07) is 0. The molecule has 2 nitrogen and oxygen atoms in total. The maximum Gasteiger partial charge on any atom is 0.364 e. The van der Waals surface area contributed by atoms with Crippen LogP contribution in [0.2, 0.25) is 6.55 Å². The third-order valence-electron chi connectivity index (χ3n) is 2.13. The highest BCUT2D eigenvalue weighted by atomic mass is 28.4. The molecule has 0 saturated heterocycles. The molecule has 1 rings (SSSR count). The summed E-state index contributed by atoms with van der Waals surface area (Å²) < 4.78 is 10.8. The van der Waals surface area contributed by atoms with E-state index in [4.69, 9.17) is 8.85 Å². The molecule has 0 atom stereocenters. The van der Waals surface area contributed by atoms with Crippen molar-refractivity contribution >= 4 is 8.56 Å². The molecular weight excluding hydrogens is 156 g/mol. The van der Waals surface area contributed by atoms with Crippen LogP contribution in [0.25, 0.3) is 0 Å². The van der Waals surface area contributed by atoms with Crippen LogP contribution in [0.15, 0.2) is 23.4 Å². The largest absolute Gasteiger partial charge is 0.395 e. The van der Waals surface area contributed by atoms with Crippen LogP contribution >= 0.6 is 0 Å². The Morgan fingerprint density at radius 2 is 2.00 bits per heavy atom. The van der Waals surface area contributed by atoms with Gasteiger partial charge in [0.1, 0.15) is 0 Å². The van der Waals surface area contributed by atoms with Gasteiger partial charge in [0, 0.05) is 14.2 Å². The van der Waals surface area contributed by atoms with Crippen LogP contribution in [0.4, 0.5) is 0 Å². The van der Waals surface area contributed by atoms with E-state index in [1.54, 1.807) is 14.2 Å². The molecule has 0 aromatic heterocycles. The van der Waals surface area contributed by atoms with Gasteiger partial charge in [0.25, 0.3) is 0 Å². The smallest absolute Gasteiger partial charge is 0.364 e. The molecule has 0 bridgehead atoms. The highest BCUT2D eigenvalue weighted by Crippen LogP contribution is 2.23. The molecule has 0 aliphatic heterocycles. The lowest BCUT2D eigenvalue weighted by Crippen LogP contribution is -2.38. The van der Waals surface area contributed by atoms with Gasteiger partial charge in [-0.3, -0.25) is 0 Å². The molecular formula is C8H14O2Si. The van der Waals surface area contributed by atoms with Crippen LogP contribution in [-0.4, -0.2) is 22.8 Å². The average Bonchev–Trinajstić information content (AvgIpc) is 2.55. The molecule has 1 aliphatic rings. The highest BCUT2D eigenvalue weighted by molar-refractivity contribution is 6.73. The minimum absolute atomic E-state index is 0.990. The summed E-state index contributed by atoms with van der Waals surface area (Å²) in [6.45, 7) is 2.06. The zero-order chi connectivity index (χ0) is 8.32. The summed E-state index contributed by atoms with van der Waals surface area (Å²) in [5.74, 6) is 0. The molecule has 0 amide bonds. The van der Waals surface area contributed by atoms with Gasteiger partial charge in [0.2, 0.25) is 0 Å². The van der Waals surface area contributed by atoms with E-state index in [-0.39, 0.29) is 0 Å². The second kappa shape index (κ2) is 3.34. The third-order valence-corrected chi connectivity index (χ3v) is 5.23. The van der Waals surface area contributed by atoms with Gasteiger partial charge in [-0.25, -0.2) is 0 Å². The van der Waals surface area contributed by atoms with Gasteiger partial charge in [0.05, 0.1) is 0 Å².